The lowest BCUT2D eigenvalue weighted by Gasteiger charge is -2.11. The molecule has 0 fully saturated rings. The molecular formula is C16H16N2O4. The van der Waals surface area contributed by atoms with Crippen molar-refractivity contribution in [2.24, 2.45) is 0 Å². The second-order valence-corrected chi connectivity index (χ2v) is 4.57. The first kappa shape index (κ1) is 15.5. The van der Waals surface area contributed by atoms with Gasteiger partial charge in [-0.3, -0.25) is 9.59 Å². The average molecular weight is 300 g/mol. The molecule has 2 rings (SSSR count). The summed E-state index contributed by atoms with van der Waals surface area (Å²) >= 11 is 0. The van der Waals surface area contributed by atoms with Crippen LogP contribution in [0.1, 0.15) is 18.4 Å². The molecule has 1 aromatic carbocycles. The Hall–Kier alpha value is -2.89. The first-order valence-corrected chi connectivity index (χ1v) is 6.78. The van der Waals surface area contributed by atoms with Gasteiger partial charge in [-0.1, -0.05) is 30.3 Å². The fourth-order valence-electron chi connectivity index (χ4n) is 1.75. The van der Waals surface area contributed by atoms with Crippen molar-refractivity contribution in [1.29, 1.82) is 0 Å². The number of rotatable bonds is 7. The van der Waals surface area contributed by atoms with Gasteiger partial charge in [-0.25, -0.2) is 4.98 Å². The number of amides is 1. The number of carbonyl (C=O) groups is 2. The lowest BCUT2D eigenvalue weighted by molar-refractivity contribution is -0.138. The van der Waals surface area contributed by atoms with Crippen LogP contribution >= 0.6 is 0 Å². The number of aliphatic carboxylic acids is 1. The summed E-state index contributed by atoms with van der Waals surface area (Å²) in [5, 5.41) is 11.1. The Morgan fingerprint density at radius 2 is 1.86 bits per heavy atom. The molecular weight excluding hydrogens is 284 g/mol. The van der Waals surface area contributed by atoms with Crippen molar-refractivity contribution in [2.45, 2.75) is 19.4 Å². The third-order valence-corrected chi connectivity index (χ3v) is 2.83. The smallest absolute Gasteiger partial charge is 0.303 e. The van der Waals surface area contributed by atoms with Crippen LogP contribution in [-0.4, -0.2) is 22.0 Å². The second-order valence-electron chi connectivity index (χ2n) is 4.57. The maximum atomic E-state index is 11.7. The Bertz CT molecular complexity index is 644. The van der Waals surface area contributed by atoms with Gasteiger partial charge in [-0.05, 0) is 17.7 Å². The maximum Gasteiger partial charge on any atom is 0.303 e. The van der Waals surface area contributed by atoms with Crippen molar-refractivity contribution in [3.05, 3.63) is 54.2 Å². The summed E-state index contributed by atoms with van der Waals surface area (Å²) in [6.45, 7) is 0.352. The highest BCUT2D eigenvalue weighted by molar-refractivity contribution is 5.92. The van der Waals surface area contributed by atoms with E-state index in [9.17, 15) is 9.59 Å². The van der Waals surface area contributed by atoms with Crippen LogP contribution in [0.25, 0.3) is 0 Å². The number of nitrogens with one attached hydrogen (secondary N) is 1. The van der Waals surface area contributed by atoms with Gasteiger partial charge < -0.3 is 15.2 Å². The number of benzene rings is 1. The topological polar surface area (TPSA) is 88.5 Å². The van der Waals surface area contributed by atoms with Crippen molar-refractivity contribution >= 4 is 17.7 Å². The SMILES string of the molecule is O=C(O)CCC(=O)Nc1ncccc1OCc1ccccc1. The van der Waals surface area contributed by atoms with E-state index < -0.39 is 11.9 Å². The quantitative estimate of drug-likeness (QED) is 0.820. The first-order chi connectivity index (χ1) is 10.6. The van der Waals surface area contributed by atoms with Gasteiger partial charge in [0, 0.05) is 12.6 Å². The molecule has 0 spiro atoms. The minimum Gasteiger partial charge on any atom is -0.485 e. The van der Waals surface area contributed by atoms with Gasteiger partial charge in [-0.2, -0.15) is 0 Å². The van der Waals surface area contributed by atoms with Gasteiger partial charge in [0.1, 0.15) is 6.61 Å². The molecule has 6 nitrogen and oxygen atoms in total. The fraction of sp³-hybridized carbons (Fsp3) is 0.188. The largest absolute Gasteiger partial charge is 0.485 e. The predicted molar refractivity (Wildman–Crippen MR) is 80.5 cm³/mol. The molecule has 0 saturated heterocycles. The molecule has 1 heterocycles. The number of ether oxygens (including phenoxy) is 1. The maximum absolute atomic E-state index is 11.7. The molecule has 0 aliphatic carbocycles. The Kier molecular flexibility index (Phi) is 5.48. The van der Waals surface area contributed by atoms with Gasteiger partial charge in [0.05, 0.1) is 6.42 Å². The molecule has 6 heteroatoms. The van der Waals surface area contributed by atoms with Gasteiger partial charge in [-0.15, -0.1) is 0 Å². The van der Waals surface area contributed by atoms with E-state index in [4.69, 9.17) is 9.84 Å². The molecule has 0 radical (unpaired) electrons. The third-order valence-electron chi connectivity index (χ3n) is 2.83. The Morgan fingerprint density at radius 1 is 1.09 bits per heavy atom. The van der Waals surface area contributed by atoms with Crippen LogP contribution in [-0.2, 0) is 16.2 Å². The highest BCUT2D eigenvalue weighted by Gasteiger charge is 2.10. The van der Waals surface area contributed by atoms with Crippen LogP contribution in [0.15, 0.2) is 48.7 Å². The molecule has 0 atom stereocenters. The zero-order valence-corrected chi connectivity index (χ0v) is 11.9. The summed E-state index contributed by atoms with van der Waals surface area (Å²) in [6.07, 6.45) is 1.20. The molecule has 0 saturated carbocycles. The zero-order valence-electron chi connectivity index (χ0n) is 11.9. The van der Waals surface area contributed by atoms with E-state index in [0.29, 0.717) is 12.4 Å². The molecule has 2 N–H and O–H groups in total. The minimum atomic E-state index is -1.02. The monoisotopic (exact) mass is 300 g/mol. The number of aromatic nitrogens is 1. The van der Waals surface area contributed by atoms with Crippen molar-refractivity contribution < 1.29 is 19.4 Å². The summed E-state index contributed by atoms with van der Waals surface area (Å²) in [5.74, 6) is -0.703. The van der Waals surface area contributed by atoms with Crippen LogP contribution in [0.2, 0.25) is 0 Å². The number of carboxylic acid groups (broad SMARTS) is 1. The molecule has 1 aromatic heterocycles. The molecule has 0 unspecified atom stereocenters. The van der Waals surface area contributed by atoms with E-state index in [-0.39, 0.29) is 18.7 Å². The summed E-state index contributed by atoms with van der Waals surface area (Å²) < 4.78 is 5.66. The van der Waals surface area contributed by atoms with Gasteiger partial charge in [0.2, 0.25) is 5.91 Å². The molecule has 0 aliphatic heterocycles. The van der Waals surface area contributed by atoms with E-state index >= 15 is 0 Å². The van der Waals surface area contributed by atoms with Crippen molar-refractivity contribution in [2.75, 3.05) is 5.32 Å². The highest BCUT2D eigenvalue weighted by Crippen LogP contribution is 2.22. The standard InChI is InChI=1S/C16H16N2O4/c19-14(8-9-15(20)21)18-16-13(7-4-10-17-16)22-11-12-5-2-1-3-6-12/h1-7,10H,8-9,11H2,(H,20,21)(H,17,18,19). The molecule has 1 amide bonds. The van der Waals surface area contributed by atoms with Gasteiger partial charge in [0.15, 0.2) is 11.6 Å². The van der Waals surface area contributed by atoms with E-state index in [1.54, 1.807) is 12.1 Å². The Labute approximate surface area is 127 Å². The van der Waals surface area contributed by atoms with E-state index in [1.165, 1.54) is 6.20 Å². The number of pyridine rings is 1. The van der Waals surface area contributed by atoms with Gasteiger partial charge >= 0.3 is 5.97 Å². The van der Waals surface area contributed by atoms with Crippen LogP contribution in [0, 0.1) is 0 Å². The lowest BCUT2D eigenvalue weighted by atomic mass is 10.2. The second kappa shape index (κ2) is 7.78. The lowest BCUT2D eigenvalue weighted by Crippen LogP contribution is -2.15. The van der Waals surface area contributed by atoms with Crippen LogP contribution in [0.5, 0.6) is 5.75 Å². The number of carbonyl (C=O) groups excluding carboxylic acids is 1. The summed E-state index contributed by atoms with van der Waals surface area (Å²) in [7, 11) is 0. The van der Waals surface area contributed by atoms with E-state index in [1.807, 2.05) is 30.3 Å². The normalized spacial score (nSPS) is 10.0. The Balaban J connectivity index is 1.97. The Morgan fingerprint density at radius 3 is 2.59 bits per heavy atom. The number of anilines is 1. The molecule has 0 bridgehead atoms. The van der Waals surface area contributed by atoms with Crippen LogP contribution < -0.4 is 10.1 Å². The van der Waals surface area contributed by atoms with Crippen LogP contribution in [0.3, 0.4) is 0 Å². The number of carboxylic acids is 1. The summed E-state index contributed by atoms with van der Waals surface area (Å²) in [5.41, 5.74) is 0.995. The minimum absolute atomic E-state index is 0.107. The molecule has 22 heavy (non-hydrogen) atoms. The summed E-state index contributed by atoms with van der Waals surface area (Å²) in [6, 6.07) is 13.0. The fourth-order valence-corrected chi connectivity index (χ4v) is 1.75. The molecule has 114 valence electrons. The number of nitrogens with zero attached hydrogens (tertiary/aromatic N) is 1. The zero-order chi connectivity index (χ0) is 15.8. The highest BCUT2D eigenvalue weighted by atomic mass is 16.5. The van der Waals surface area contributed by atoms with Crippen molar-refractivity contribution in [3.8, 4) is 5.75 Å². The summed E-state index contributed by atoms with van der Waals surface area (Å²) in [4.78, 5) is 26.2. The number of hydrogen-bond donors (Lipinski definition) is 2. The number of hydrogen-bond acceptors (Lipinski definition) is 4. The van der Waals surface area contributed by atoms with Crippen molar-refractivity contribution in [1.82, 2.24) is 4.98 Å². The molecule has 2 aromatic rings. The predicted octanol–water partition coefficient (Wildman–Crippen LogP) is 2.46. The van der Waals surface area contributed by atoms with Crippen molar-refractivity contribution in [3.63, 3.8) is 0 Å². The van der Waals surface area contributed by atoms with Crippen LogP contribution in [0.4, 0.5) is 5.82 Å². The van der Waals surface area contributed by atoms with E-state index in [0.717, 1.165) is 5.56 Å². The third kappa shape index (κ3) is 4.90. The van der Waals surface area contributed by atoms with E-state index in [2.05, 4.69) is 10.3 Å². The molecule has 0 aliphatic rings. The average Bonchev–Trinajstić information content (AvgIpc) is 2.53. The van der Waals surface area contributed by atoms with Gasteiger partial charge in [0.25, 0.3) is 0 Å². The first-order valence-electron chi connectivity index (χ1n) is 6.78.